The lowest BCUT2D eigenvalue weighted by atomic mass is 9.77. The van der Waals surface area contributed by atoms with Crippen molar-refractivity contribution < 1.29 is 17.9 Å². The molecule has 2 aliphatic rings. The van der Waals surface area contributed by atoms with Crippen LogP contribution in [0, 0.1) is 29.3 Å². The molecule has 0 saturated heterocycles. The topological polar surface area (TPSA) is 9.23 Å². The number of allylic oxidation sites excluding steroid dienone is 1. The largest absolute Gasteiger partial charge is 0.494 e. The third-order valence-electron chi connectivity index (χ3n) is 8.17. The average molecular weight is 485 g/mol. The molecule has 0 amide bonds. The van der Waals surface area contributed by atoms with Crippen LogP contribution in [0.1, 0.15) is 107 Å². The summed E-state index contributed by atoms with van der Waals surface area (Å²) in [6.45, 7) is 4.61. The highest BCUT2D eigenvalue weighted by atomic mass is 19.2. The molecule has 0 radical (unpaired) electrons. The summed E-state index contributed by atoms with van der Waals surface area (Å²) in [4.78, 5) is 0. The first-order chi connectivity index (χ1) is 17.0. The van der Waals surface area contributed by atoms with Crippen molar-refractivity contribution in [3.8, 4) is 5.75 Å². The van der Waals surface area contributed by atoms with Crippen LogP contribution in [0.25, 0.3) is 6.08 Å². The van der Waals surface area contributed by atoms with Crippen LogP contribution < -0.4 is 4.74 Å². The van der Waals surface area contributed by atoms with E-state index in [2.05, 4.69) is 6.92 Å². The molecular weight excluding hydrogens is 445 g/mol. The van der Waals surface area contributed by atoms with Crippen LogP contribution in [0.4, 0.5) is 13.2 Å². The van der Waals surface area contributed by atoms with Crippen LogP contribution in [0.3, 0.4) is 0 Å². The summed E-state index contributed by atoms with van der Waals surface area (Å²) in [6, 6.07) is 8.70. The van der Waals surface area contributed by atoms with Gasteiger partial charge in [-0.15, -0.1) is 0 Å². The van der Waals surface area contributed by atoms with E-state index in [4.69, 9.17) is 4.74 Å². The molecule has 1 nitrogen and oxygen atoms in total. The van der Waals surface area contributed by atoms with Crippen LogP contribution in [-0.2, 0) is 0 Å². The van der Waals surface area contributed by atoms with Crippen molar-refractivity contribution in [1.82, 2.24) is 0 Å². The normalized spacial score (nSPS) is 25.2. The molecule has 2 fully saturated rings. The summed E-state index contributed by atoms with van der Waals surface area (Å²) in [6.07, 6.45) is 13.9. The standard InChI is InChI=1S/C31H39F3O/c1-3-5-21-6-13-24(14-7-21)28-18-16-25(30(33)31(28)34)15-10-22-8-11-23(12-9-22)27-19-17-26(35-4-2)20-29(27)32/h10,15-24H,3-9,11-14H2,1-2H3. The fraction of sp³-hybridized carbons (Fsp3) is 0.548. The zero-order valence-corrected chi connectivity index (χ0v) is 21.2. The predicted octanol–water partition coefficient (Wildman–Crippen LogP) is 9.56. The van der Waals surface area contributed by atoms with Gasteiger partial charge in [-0.1, -0.05) is 50.1 Å². The Morgan fingerprint density at radius 3 is 2.11 bits per heavy atom. The van der Waals surface area contributed by atoms with Gasteiger partial charge in [-0.05, 0) is 99.2 Å². The summed E-state index contributed by atoms with van der Waals surface area (Å²) in [5, 5.41) is 0. The number of hydrogen-bond acceptors (Lipinski definition) is 1. The molecule has 4 rings (SSSR count). The van der Waals surface area contributed by atoms with Gasteiger partial charge >= 0.3 is 0 Å². The second kappa shape index (κ2) is 12.1. The number of ether oxygens (including phenoxy) is 1. The van der Waals surface area contributed by atoms with Crippen LogP contribution in [0.2, 0.25) is 0 Å². The maximum absolute atomic E-state index is 15.0. The lowest BCUT2D eigenvalue weighted by molar-refractivity contribution is 0.303. The molecule has 0 N–H and O–H groups in total. The highest BCUT2D eigenvalue weighted by Gasteiger charge is 2.26. The van der Waals surface area contributed by atoms with E-state index in [1.807, 2.05) is 25.1 Å². The van der Waals surface area contributed by atoms with Crippen molar-refractivity contribution >= 4 is 6.08 Å². The van der Waals surface area contributed by atoms with Crippen molar-refractivity contribution in [2.24, 2.45) is 11.8 Å². The zero-order valence-electron chi connectivity index (χ0n) is 21.2. The molecule has 0 atom stereocenters. The molecule has 0 heterocycles. The second-order valence-corrected chi connectivity index (χ2v) is 10.5. The van der Waals surface area contributed by atoms with Gasteiger partial charge in [0.15, 0.2) is 11.6 Å². The molecule has 0 unspecified atom stereocenters. The Bertz CT molecular complexity index is 999. The molecule has 0 aliphatic heterocycles. The van der Waals surface area contributed by atoms with Crippen LogP contribution >= 0.6 is 0 Å². The Morgan fingerprint density at radius 2 is 1.46 bits per heavy atom. The van der Waals surface area contributed by atoms with Gasteiger partial charge < -0.3 is 4.74 Å². The number of benzene rings is 2. The molecule has 0 spiro atoms. The minimum atomic E-state index is -0.723. The molecule has 0 aromatic heterocycles. The molecule has 0 bridgehead atoms. The minimum absolute atomic E-state index is 0.133. The molecule has 35 heavy (non-hydrogen) atoms. The smallest absolute Gasteiger partial charge is 0.166 e. The maximum Gasteiger partial charge on any atom is 0.166 e. The van der Waals surface area contributed by atoms with Crippen LogP contribution in [-0.4, -0.2) is 6.61 Å². The highest BCUT2D eigenvalue weighted by Crippen LogP contribution is 2.40. The molecule has 2 aliphatic carbocycles. The summed E-state index contributed by atoms with van der Waals surface area (Å²) in [7, 11) is 0. The SMILES string of the molecule is CCCC1CCC(c2ccc(C=CC3CCC(c4ccc(OCC)cc4F)CC3)c(F)c2F)CC1. The van der Waals surface area contributed by atoms with Gasteiger partial charge in [0, 0.05) is 11.6 Å². The maximum atomic E-state index is 15.0. The first kappa shape index (κ1) is 25.9. The third-order valence-corrected chi connectivity index (χ3v) is 8.17. The van der Waals surface area contributed by atoms with Crippen LogP contribution in [0.15, 0.2) is 36.4 Å². The Kier molecular flexibility index (Phi) is 8.97. The first-order valence-electron chi connectivity index (χ1n) is 13.6. The quantitative estimate of drug-likeness (QED) is 0.362. The van der Waals surface area contributed by atoms with E-state index in [1.165, 1.54) is 18.9 Å². The number of halogens is 3. The summed E-state index contributed by atoms with van der Waals surface area (Å²) in [5.74, 6) is 0.340. The van der Waals surface area contributed by atoms with E-state index in [0.29, 0.717) is 29.4 Å². The molecular formula is C31H39F3O. The summed E-state index contributed by atoms with van der Waals surface area (Å²) >= 11 is 0. The fourth-order valence-electron chi connectivity index (χ4n) is 6.15. The summed E-state index contributed by atoms with van der Waals surface area (Å²) in [5.41, 5.74) is 1.63. The van der Waals surface area contributed by atoms with Crippen molar-refractivity contribution in [2.75, 3.05) is 6.61 Å². The Morgan fingerprint density at radius 1 is 0.800 bits per heavy atom. The number of hydrogen-bond donors (Lipinski definition) is 0. The van der Waals surface area contributed by atoms with Gasteiger partial charge in [0.25, 0.3) is 0 Å². The molecule has 2 aromatic carbocycles. The second-order valence-electron chi connectivity index (χ2n) is 10.5. The lowest BCUT2D eigenvalue weighted by Crippen LogP contribution is -2.15. The van der Waals surface area contributed by atoms with Gasteiger partial charge in [0.1, 0.15) is 11.6 Å². The molecule has 2 saturated carbocycles. The predicted molar refractivity (Wildman–Crippen MR) is 137 cm³/mol. The van der Waals surface area contributed by atoms with E-state index in [9.17, 15) is 13.2 Å². The minimum Gasteiger partial charge on any atom is -0.494 e. The van der Waals surface area contributed by atoms with Gasteiger partial charge in [-0.25, -0.2) is 13.2 Å². The number of rotatable bonds is 8. The van der Waals surface area contributed by atoms with E-state index in [-0.39, 0.29) is 17.7 Å². The van der Waals surface area contributed by atoms with E-state index in [0.717, 1.165) is 62.8 Å². The van der Waals surface area contributed by atoms with Crippen molar-refractivity contribution in [3.63, 3.8) is 0 Å². The Labute approximate surface area is 208 Å². The molecule has 190 valence electrons. The first-order valence-corrected chi connectivity index (χ1v) is 13.6. The van der Waals surface area contributed by atoms with E-state index in [1.54, 1.807) is 18.2 Å². The Hall–Kier alpha value is -2.23. The zero-order chi connectivity index (χ0) is 24.8. The van der Waals surface area contributed by atoms with Gasteiger partial charge in [0.2, 0.25) is 0 Å². The van der Waals surface area contributed by atoms with Crippen molar-refractivity contribution in [1.29, 1.82) is 0 Å². The third kappa shape index (κ3) is 6.32. The Balaban J connectivity index is 1.34. The molecule has 4 heteroatoms. The summed E-state index contributed by atoms with van der Waals surface area (Å²) < 4.78 is 49.8. The van der Waals surface area contributed by atoms with Crippen LogP contribution in [0.5, 0.6) is 5.75 Å². The highest BCUT2D eigenvalue weighted by molar-refractivity contribution is 5.52. The monoisotopic (exact) mass is 484 g/mol. The molecule has 2 aromatic rings. The lowest BCUT2D eigenvalue weighted by Gasteiger charge is -2.29. The fourth-order valence-corrected chi connectivity index (χ4v) is 6.15. The van der Waals surface area contributed by atoms with E-state index < -0.39 is 11.6 Å². The van der Waals surface area contributed by atoms with Crippen molar-refractivity contribution in [3.05, 3.63) is 70.5 Å². The van der Waals surface area contributed by atoms with Gasteiger partial charge in [-0.3, -0.25) is 0 Å². The van der Waals surface area contributed by atoms with Gasteiger partial charge in [-0.2, -0.15) is 0 Å². The van der Waals surface area contributed by atoms with Gasteiger partial charge in [0.05, 0.1) is 6.61 Å². The van der Waals surface area contributed by atoms with E-state index >= 15 is 0 Å². The van der Waals surface area contributed by atoms with Crippen molar-refractivity contribution in [2.45, 2.75) is 89.9 Å². The average Bonchev–Trinajstić information content (AvgIpc) is 2.87.